The maximum Gasteiger partial charge on any atom is 0.408 e. The number of alkyl carbamates (subject to hydrolysis) is 1. The molecule has 0 saturated heterocycles. The number of rotatable bonds is 3. The van der Waals surface area contributed by atoms with Crippen molar-refractivity contribution < 1.29 is 9.53 Å². The Labute approximate surface area is 117 Å². The van der Waals surface area contributed by atoms with Crippen molar-refractivity contribution in [1.29, 1.82) is 0 Å². The third-order valence-electron chi connectivity index (χ3n) is 2.37. The predicted octanol–water partition coefficient (Wildman–Crippen LogP) is 4.42. The summed E-state index contributed by atoms with van der Waals surface area (Å²) in [4.78, 5) is 11.7. The Morgan fingerprint density at radius 2 is 1.89 bits per heavy atom. The van der Waals surface area contributed by atoms with E-state index in [-0.39, 0.29) is 12.1 Å². The van der Waals surface area contributed by atoms with E-state index >= 15 is 0 Å². The van der Waals surface area contributed by atoms with Gasteiger partial charge in [-0.2, -0.15) is 0 Å². The van der Waals surface area contributed by atoms with E-state index in [0.29, 0.717) is 0 Å². The monoisotopic (exact) mass is 313 g/mol. The first-order valence-electron chi connectivity index (χ1n) is 6.07. The minimum absolute atomic E-state index is 0.0204. The van der Waals surface area contributed by atoms with Crippen LogP contribution < -0.4 is 5.32 Å². The maximum absolute atomic E-state index is 11.7. The van der Waals surface area contributed by atoms with Gasteiger partial charge in [0.2, 0.25) is 0 Å². The molecule has 1 aromatic carbocycles. The van der Waals surface area contributed by atoms with Crippen LogP contribution in [0.2, 0.25) is 0 Å². The van der Waals surface area contributed by atoms with Gasteiger partial charge in [0.1, 0.15) is 5.60 Å². The number of benzene rings is 1. The number of hydrogen-bond donors (Lipinski definition) is 1. The molecule has 0 unspecified atom stereocenters. The average molecular weight is 314 g/mol. The van der Waals surface area contributed by atoms with Crippen LogP contribution in [-0.4, -0.2) is 11.7 Å². The third kappa shape index (κ3) is 5.08. The molecule has 18 heavy (non-hydrogen) atoms. The normalized spacial score (nSPS) is 12.9. The molecule has 100 valence electrons. The first-order chi connectivity index (χ1) is 8.31. The smallest absolute Gasteiger partial charge is 0.408 e. The minimum atomic E-state index is -0.470. The van der Waals surface area contributed by atoms with Gasteiger partial charge in [-0.05, 0) is 44.9 Å². The number of carbonyl (C=O) groups excluding carboxylic acids is 1. The van der Waals surface area contributed by atoms with Gasteiger partial charge < -0.3 is 10.1 Å². The lowest BCUT2D eigenvalue weighted by Gasteiger charge is -2.23. The summed E-state index contributed by atoms with van der Waals surface area (Å²) >= 11 is 3.40. The number of nitrogens with one attached hydrogen (secondary N) is 1. The average Bonchev–Trinajstić information content (AvgIpc) is 2.25. The number of halogens is 1. The summed E-state index contributed by atoms with van der Waals surface area (Å²) in [5.74, 6) is 0. The van der Waals surface area contributed by atoms with Gasteiger partial charge in [0, 0.05) is 4.47 Å². The van der Waals surface area contributed by atoms with Crippen LogP contribution in [0, 0.1) is 0 Å². The summed E-state index contributed by atoms with van der Waals surface area (Å²) in [5, 5.41) is 2.88. The highest BCUT2D eigenvalue weighted by molar-refractivity contribution is 9.10. The molecule has 0 aliphatic heterocycles. The second kappa shape index (κ2) is 6.23. The number of carbonyl (C=O) groups is 1. The molecule has 4 heteroatoms. The highest BCUT2D eigenvalue weighted by Gasteiger charge is 2.19. The molecule has 0 spiro atoms. The highest BCUT2D eigenvalue weighted by Crippen LogP contribution is 2.20. The topological polar surface area (TPSA) is 38.3 Å². The molecular formula is C14H20BrNO2. The van der Waals surface area contributed by atoms with Crippen molar-refractivity contribution in [3.05, 3.63) is 34.3 Å². The maximum atomic E-state index is 11.7. The van der Waals surface area contributed by atoms with Crippen molar-refractivity contribution in [2.24, 2.45) is 0 Å². The van der Waals surface area contributed by atoms with E-state index in [2.05, 4.69) is 21.2 Å². The van der Waals surface area contributed by atoms with Crippen LogP contribution in [0.4, 0.5) is 4.79 Å². The Morgan fingerprint density at radius 3 is 2.33 bits per heavy atom. The Hall–Kier alpha value is -1.03. The number of hydrogen-bond acceptors (Lipinski definition) is 2. The SMILES string of the molecule is CC[C@@H](NC(=O)OC(C)(C)C)c1ccc(Br)cc1. The summed E-state index contributed by atoms with van der Waals surface area (Å²) in [6.07, 6.45) is 0.443. The summed E-state index contributed by atoms with van der Waals surface area (Å²) in [7, 11) is 0. The van der Waals surface area contributed by atoms with E-state index in [4.69, 9.17) is 4.74 Å². The second-order valence-corrected chi connectivity index (χ2v) is 6.07. The van der Waals surface area contributed by atoms with Crippen LogP contribution in [0.15, 0.2) is 28.7 Å². The Balaban J connectivity index is 2.68. The molecule has 0 saturated carbocycles. The molecule has 1 amide bonds. The van der Waals surface area contributed by atoms with Crippen molar-refractivity contribution >= 4 is 22.0 Å². The molecule has 1 rings (SSSR count). The van der Waals surface area contributed by atoms with Crippen molar-refractivity contribution in [3.8, 4) is 0 Å². The van der Waals surface area contributed by atoms with Gasteiger partial charge in [0.05, 0.1) is 6.04 Å². The molecule has 0 heterocycles. The fourth-order valence-corrected chi connectivity index (χ4v) is 1.83. The van der Waals surface area contributed by atoms with Gasteiger partial charge in [-0.1, -0.05) is 35.0 Å². The molecule has 0 aliphatic rings. The molecule has 0 bridgehead atoms. The van der Waals surface area contributed by atoms with Gasteiger partial charge in [-0.3, -0.25) is 0 Å². The van der Waals surface area contributed by atoms with Crippen LogP contribution in [0.3, 0.4) is 0 Å². The molecule has 1 aromatic rings. The summed E-state index contributed by atoms with van der Waals surface area (Å²) in [6.45, 7) is 7.59. The molecule has 3 nitrogen and oxygen atoms in total. The van der Waals surface area contributed by atoms with E-state index in [1.807, 2.05) is 52.0 Å². The molecule has 0 fully saturated rings. The third-order valence-corrected chi connectivity index (χ3v) is 2.90. The van der Waals surface area contributed by atoms with Gasteiger partial charge in [-0.25, -0.2) is 4.79 Å². The van der Waals surface area contributed by atoms with Crippen LogP contribution >= 0.6 is 15.9 Å². The predicted molar refractivity (Wildman–Crippen MR) is 76.5 cm³/mol. The zero-order valence-electron chi connectivity index (χ0n) is 11.3. The van der Waals surface area contributed by atoms with Crippen molar-refractivity contribution in [2.75, 3.05) is 0 Å². The fraction of sp³-hybridized carbons (Fsp3) is 0.500. The summed E-state index contributed by atoms with van der Waals surface area (Å²) in [6, 6.07) is 7.90. The molecule has 1 atom stereocenters. The molecular weight excluding hydrogens is 294 g/mol. The van der Waals surface area contributed by atoms with E-state index in [0.717, 1.165) is 16.5 Å². The lowest BCUT2D eigenvalue weighted by Crippen LogP contribution is -2.34. The van der Waals surface area contributed by atoms with Gasteiger partial charge in [-0.15, -0.1) is 0 Å². The van der Waals surface area contributed by atoms with Crippen molar-refractivity contribution in [3.63, 3.8) is 0 Å². The Bertz CT molecular complexity index is 395. The largest absolute Gasteiger partial charge is 0.444 e. The van der Waals surface area contributed by atoms with Crippen LogP contribution in [0.25, 0.3) is 0 Å². The van der Waals surface area contributed by atoms with Crippen LogP contribution in [0.5, 0.6) is 0 Å². The molecule has 0 aliphatic carbocycles. The van der Waals surface area contributed by atoms with E-state index < -0.39 is 5.60 Å². The molecule has 0 radical (unpaired) electrons. The zero-order chi connectivity index (χ0) is 13.8. The fourth-order valence-electron chi connectivity index (χ4n) is 1.57. The van der Waals surface area contributed by atoms with Crippen LogP contribution in [0.1, 0.15) is 45.7 Å². The highest BCUT2D eigenvalue weighted by atomic mass is 79.9. The lowest BCUT2D eigenvalue weighted by atomic mass is 10.1. The summed E-state index contributed by atoms with van der Waals surface area (Å²) < 4.78 is 6.28. The van der Waals surface area contributed by atoms with Gasteiger partial charge in [0.15, 0.2) is 0 Å². The van der Waals surface area contributed by atoms with Crippen molar-refractivity contribution in [2.45, 2.75) is 45.8 Å². The number of amides is 1. The molecule has 0 aromatic heterocycles. The number of ether oxygens (including phenoxy) is 1. The van der Waals surface area contributed by atoms with E-state index in [1.54, 1.807) is 0 Å². The van der Waals surface area contributed by atoms with Crippen LogP contribution in [-0.2, 0) is 4.74 Å². The first kappa shape index (κ1) is 15.0. The second-order valence-electron chi connectivity index (χ2n) is 5.16. The first-order valence-corrected chi connectivity index (χ1v) is 6.86. The van der Waals surface area contributed by atoms with E-state index in [9.17, 15) is 4.79 Å². The summed E-state index contributed by atoms with van der Waals surface area (Å²) in [5.41, 5.74) is 0.605. The zero-order valence-corrected chi connectivity index (χ0v) is 12.9. The lowest BCUT2D eigenvalue weighted by molar-refractivity contribution is 0.0502. The standard InChI is InChI=1S/C14H20BrNO2/c1-5-12(10-6-8-11(15)9-7-10)16-13(17)18-14(2,3)4/h6-9,12H,5H2,1-4H3,(H,16,17)/t12-/m1/s1. The van der Waals surface area contributed by atoms with E-state index in [1.165, 1.54) is 0 Å². The Morgan fingerprint density at radius 1 is 1.33 bits per heavy atom. The quantitative estimate of drug-likeness (QED) is 0.896. The van der Waals surface area contributed by atoms with Gasteiger partial charge in [0.25, 0.3) is 0 Å². The van der Waals surface area contributed by atoms with Gasteiger partial charge >= 0.3 is 6.09 Å². The van der Waals surface area contributed by atoms with Crippen molar-refractivity contribution in [1.82, 2.24) is 5.32 Å². The minimum Gasteiger partial charge on any atom is -0.444 e. The Kier molecular flexibility index (Phi) is 5.20. The molecule has 1 N–H and O–H groups in total.